The minimum absolute atomic E-state index is 0. The molecule has 0 bridgehead atoms. The molecule has 22 nitrogen and oxygen atoms in total. The number of hydrogen-bond donors (Lipinski definition) is 8. The summed E-state index contributed by atoms with van der Waals surface area (Å²) in [4.78, 5) is 31.5. The summed E-state index contributed by atoms with van der Waals surface area (Å²) in [6.45, 7) is 20.4. The second-order valence-electron chi connectivity index (χ2n) is 25.0. The first-order chi connectivity index (χ1) is 54.0. The van der Waals surface area contributed by atoms with Crippen molar-refractivity contribution in [3.63, 3.8) is 0 Å². The fraction of sp³-hybridized carbons (Fsp3) is 0.414. The zero-order valence-corrected chi connectivity index (χ0v) is 76.2. The molecule has 0 spiro atoms. The fourth-order valence-corrected chi connectivity index (χ4v) is 10.8. The van der Waals surface area contributed by atoms with Crippen LogP contribution in [0.1, 0.15) is 158 Å². The Balaban J connectivity index is 0.00000129. The summed E-state index contributed by atoms with van der Waals surface area (Å²) in [6.07, 6.45) is 0.974. The van der Waals surface area contributed by atoms with Crippen LogP contribution in [0.5, 0.6) is 0 Å². The summed E-state index contributed by atoms with van der Waals surface area (Å²) in [5.74, 6) is -2.33. The molecule has 28 heteroatoms. The van der Waals surface area contributed by atoms with Crippen LogP contribution in [0, 0.1) is 6.07 Å². The first kappa shape index (κ1) is 111. The van der Waals surface area contributed by atoms with Gasteiger partial charge in [-0.2, -0.15) is 30.3 Å². The molecule has 8 aromatic carbocycles. The van der Waals surface area contributed by atoms with E-state index in [1.807, 2.05) is 185 Å². The van der Waals surface area contributed by atoms with Crippen molar-refractivity contribution in [2.75, 3.05) is 112 Å². The Hall–Kier alpha value is -4.32. The normalized spacial score (nSPS) is 15.7. The molecule has 0 aromatic heterocycles. The number of halogens is 5. The average Bonchev–Trinajstić information content (AvgIpc) is 1.76. The average molecular weight is 2030 g/mol. The number of ketones is 2. The summed E-state index contributed by atoms with van der Waals surface area (Å²) >= 11 is 10.9. The van der Waals surface area contributed by atoms with E-state index in [1.54, 1.807) is 62.4 Å². The molecule has 5 saturated heterocycles. The Bertz CT molecular complexity index is 3700. The number of hydrogen-bond acceptors (Lipinski definition) is 22. The van der Waals surface area contributed by atoms with Gasteiger partial charge in [0, 0.05) is 93.8 Å². The molecule has 115 heavy (non-hydrogen) atoms. The topological polar surface area (TPSA) is 315 Å². The fourth-order valence-electron chi connectivity index (χ4n) is 10.3. The van der Waals surface area contributed by atoms with Gasteiger partial charge in [0.2, 0.25) is 0 Å². The Morgan fingerprint density at radius 3 is 1.02 bits per heavy atom. The van der Waals surface area contributed by atoms with Crippen molar-refractivity contribution in [1.29, 1.82) is 0 Å². The number of carbonyl (C=O) groups is 3. The molecule has 3 unspecified atom stereocenters. The van der Waals surface area contributed by atoms with Crippen molar-refractivity contribution >= 4 is 110 Å². The van der Waals surface area contributed by atoms with Gasteiger partial charge in [-0.1, -0.05) is 203 Å². The van der Waals surface area contributed by atoms with E-state index >= 15 is 0 Å². The predicted molar refractivity (Wildman–Crippen MR) is 465 cm³/mol. The number of aliphatic hydroxyl groups excluding tert-OH is 8. The van der Waals surface area contributed by atoms with E-state index < -0.39 is 41.5 Å². The molecule has 5 fully saturated rings. The monoisotopic (exact) mass is 2020 g/mol. The Kier molecular flexibility index (Phi) is 62.1. The van der Waals surface area contributed by atoms with E-state index in [0.717, 1.165) is 73.0 Å². The standard InChI is InChI=1S/C19H22O4.C12H16O4.C10H11BrO2.C10H12O3.C10H11O2.C9H10O2.C8H7BrO.C4H8O.C2H6O2.C2H6O.CH4.BrH.I2.Mg/c1-19(22-11-12-23-19)17-9-7-16(8-10-17)18(20)14-21-13-15-5-3-2-4-6-15;1-12(15-6-7-16-12)10-4-2-9(3-5-10)11(14)8-13;1-10(12-6-7-13-10)8-2-4-9(11)5-3-8;1-7(12)8-2-4-9(5-3-8)10(13)6-11;1-10(11-7-8-12-10)9-5-3-2-4-6-9;10-6-7-11-8-9-4-2-1-3-5-9;1-6(10)7-2-4-8(9)5-3-7;1-2-4-5-3-1;3-1-2-4;1-2-3;;;1-2;/h2-10,18,20H,11-14H2,1H3;2-5,11,13-14H,6-8H2,1H3;2-5H,6-7H2,1H3;2-5,10-11,13H,6H2,1H3;3-6H,7-8H2,1H3;1-6H,7-8H2;2-5H,1H3;1-4H2;3-4H,1-2H2;3H,2H2,1H3;1H4;1H;;/q;;;;-1;;;;;;;;;+2/p-1. The Morgan fingerprint density at radius 1 is 0.452 bits per heavy atom. The van der Waals surface area contributed by atoms with E-state index in [4.69, 9.17) is 77.6 Å². The van der Waals surface area contributed by atoms with E-state index in [0.29, 0.717) is 82.8 Å². The number of benzene rings is 8. The van der Waals surface area contributed by atoms with Crippen molar-refractivity contribution in [2.24, 2.45) is 0 Å². The van der Waals surface area contributed by atoms with Gasteiger partial charge in [0.15, 0.2) is 34.7 Å². The number of aliphatic hydroxyl groups is 8. The third kappa shape index (κ3) is 43.7. The van der Waals surface area contributed by atoms with Crippen molar-refractivity contribution in [3.8, 4) is 0 Å². The maximum atomic E-state index is 10.9. The van der Waals surface area contributed by atoms with Crippen molar-refractivity contribution in [1.82, 2.24) is 0 Å². The van der Waals surface area contributed by atoms with Gasteiger partial charge in [0.05, 0.1) is 99.1 Å². The van der Waals surface area contributed by atoms with Gasteiger partial charge in [0.25, 0.3) is 0 Å². The molecule has 0 amide bonds. The molecule has 3 atom stereocenters. The van der Waals surface area contributed by atoms with E-state index in [9.17, 15) is 29.7 Å². The minimum atomic E-state index is -0.860. The summed E-state index contributed by atoms with van der Waals surface area (Å²) < 4.78 is 61.9. The molecule has 8 aromatic rings. The van der Waals surface area contributed by atoms with Crippen LogP contribution in [0.4, 0.5) is 0 Å². The van der Waals surface area contributed by atoms with Gasteiger partial charge in [0.1, 0.15) is 31.2 Å². The summed E-state index contributed by atoms with van der Waals surface area (Å²) in [6, 6.07) is 67.0. The van der Waals surface area contributed by atoms with Crippen LogP contribution < -0.4 is 17.0 Å². The molecule has 5 aliphatic heterocycles. The van der Waals surface area contributed by atoms with E-state index in [-0.39, 0.29) is 105 Å². The zero-order chi connectivity index (χ0) is 82.5. The van der Waals surface area contributed by atoms with Crippen LogP contribution in [0.15, 0.2) is 215 Å². The molecule has 5 aliphatic rings. The molecule has 0 radical (unpaired) electrons. The minimum Gasteiger partial charge on any atom is -1.00 e. The maximum Gasteiger partial charge on any atom is 2.00 e. The Labute approximate surface area is 745 Å². The number of ether oxygens (including phenoxy) is 11. The van der Waals surface area contributed by atoms with Gasteiger partial charge >= 0.3 is 23.1 Å². The second-order valence-corrected chi connectivity index (χ2v) is 26.8. The number of aldehydes is 1. The number of carbonyl (C=O) groups excluding carboxylic acids is 3. The first-order valence-electron chi connectivity index (χ1n) is 36.4. The largest absolute Gasteiger partial charge is 2.00 e. The second kappa shape index (κ2) is 64.5. The SMILES string of the molecule is C.C1CCOC1.CC(=O)c1ccc(Br)cc1.CC(=O)c1ccc(C(O)CO)cc1.CC1(c2cc[c-]cc2)OCCO1.CC1(c2ccc(Br)cc2)OCCO1.CC1(c2ccc(C(O)CO)cc2)OCCO1.CC1(c2ccc(C(O)COCc3ccccc3)cc2)OCCO1.CCO.II.O=CCOCc1ccccc1.OCCO.[Br-].[Mg+2]. The summed E-state index contributed by atoms with van der Waals surface area (Å²) in [7, 11) is 0. The van der Waals surface area contributed by atoms with Gasteiger partial charge in [-0.15, -0.1) is 0 Å². The van der Waals surface area contributed by atoms with Gasteiger partial charge in [-0.05, 0) is 113 Å². The van der Waals surface area contributed by atoms with E-state index in [2.05, 4.69) is 75.2 Å². The molecule has 630 valence electrons. The van der Waals surface area contributed by atoms with Gasteiger partial charge < -0.3 is 115 Å². The Morgan fingerprint density at radius 2 is 0.730 bits per heavy atom. The van der Waals surface area contributed by atoms with E-state index in [1.165, 1.54) is 19.8 Å². The van der Waals surface area contributed by atoms with Crippen LogP contribution in [0.3, 0.4) is 0 Å². The van der Waals surface area contributed by atoms with Crippen LogP contribution in [-0.4, -0.2) is 194 Å². The number of rotatable bonds is 20. The third-order valence-electron chi connectivity index (χ3n) is 16.5. The molecule has 0 saturated carbocycles. The smallest absolute Gasteiger partial charge is 1.00 e. The van der Waals surface area contributed by atoms with Gasteiger partial charge in [-0.3, -0.25) is 9.59 Å². The van der Waals surface area contributed by atoms with Crippen LogP contribution in [0.2, 0.25) is 0 Å². The van der Waals surface area contributed by atoms with Crippen LogP contribution in [-0.2, 0) is 93.3 Å². The molecule has 13 rings (SSSR count). The maximum absolute atomic E-state index is 10.9. The molecule has 8 N–H and O–H groups in total. The summed E-state index contributed by atoms with van der Waals surface area (Å²) in [5, 5.41) is 69.2. The van der Waals surface area contributed by atoms with Gasteiger partial charge in [-0.25, -0.2) is 0 Å². The predicted octanol–water partition coefficient (Wildman–Crippen LogP) is 12.2. The molecule has 5 heterocycles. The van der Waals surface area contributed by atoms with Crippen molar-refractivity contribution in [2.45, 2.75) is 123 Å². The summed E-state index contributed by atoms with van der Waals surface area (Å²) in [5.41, 5.74) is 9.66. The van der Waals surface area contributed by atoms with Crippen molar-refractivity contribution in [3.05, 3.63) is 282 Å². The zero-order valence-electron chi connectivity index (χ0n) is 65.7. The quantitative estimate of drug-likeness (QED) is 0.00878. The molecular weight excluding hydrogens is 1910 g/mol. The van der Waals surface area contributed by atoms with Crippen LogP contribution >= 0.6 is 69.1 Å². The molecular formula is C87H113Br3I2MgO22. The van der Waals surface area contributed by atoms with Crippen molar-refractivity contribution < 1.29 is 124 Å². The first-order valence-corrected chi connectivity index (χ1v) is 44.2. The number of Topliss-reactive ketones (excluding diaryl/α,β-unsaturated/α-hetero) is 2. The van der Waals surface area contributed by atoms with Crippen LogP contribution in [0.25, 0.3) is 0 Å². The molecule has 0 aliphatic carbocycles. The third-order valence-corrected chi connectivity index (χ3v) is 17.6.